The van der Waals surface area contributed by atoms with Crippen LogP contribution in [-0.4, -0.2) is 23.1 Å². The van der Waals surface area contributed by atoms with Gasteiger partial charge >= 0.3 is 6.03 Å². The van der Waals surface area contributed by atoms with Crippen LogP contribution in [0.1, 0.15) is 36.5 Å². The third-order valence-electron chi connectivity index (χ3n) is 4.59. The summed E-state index contributed by atoms with van der Waals surface area (Å²) in [5.41, 5.74) is 3.59. The third kappa shape index (κ3) is 3.41. The predicted molar refractivity (Wildman–Crippen MR) is 95.4 cm³/mol. The van der Waals surface area contributed by atoms with E-state index in [0.717, 1.165) is 30.6 Å². The highest BCUT2D eigenvalue weighted by molar-refractivity contribution is 7.07. The van der Waals surface area contributed by atoms with Gasteiger partial charge in [-0.2, -0.15) is 11.3 Å². The number of thiophene rings is 1. The fraction of sp³-hybridized carbons (Fsp3) is 0.421. The number of rotatable bonds is 5. The Hall–Kier alpha value is -2.01. The number of ether oxygens (including phenoxy) is 1. The number of fused-ring (bicyclic) bond motifs is 1. The number of hydrogen-bond acceptors (Lipinski definition) is 3. The van der Waals surface area contributed by atoms with Gasteiger partial charge in [0.25, 0.3) is 0 Å². The lowest BCUT2D eigenvalue weighted by atomic mass is 10.1. The van der Waals surface area contributed by atoms with Crippen molar-refractivity contribution in [1.82, 2.24) is 10.2 Å². The molecule has 2 heterocycles. The summed E-state index contributed by atoms with van der Waals surface area (Å²) >= 11 is 1.68. The number of carbonyl (C=O) groups excluding carboxylic acids is 1. The molecule has 4 rings (SSSR count). The molecule has 0 saturated heterocycles. The molecule has 24 heavy (non-hydrogen) atoms. The molecule has 2 aliphatic rings. The molecule has 1 atom stereocenters. The summed E-state index contributed by atoms with van der Waals surface area (Å²) in [6, 6.07) is 8.74. The van der Waals surface area contributed by atoms with Crippen LogP contribution in [0.3, 0.4) is 0 Å². The number of carbonyl (C=O) groups is 1. The summed E-state index contributed by atoms with van der Waals surface area (Å²) < 4.78 is 5.73. The maximum absolute atomic E-state index is 12.6. The predicted octanol–water partition coefficient (Wildman–Crippen LogP) is 3.95. The summed E-state index contributed by atoms with van der Waals surface area (Å²) in [5.74, 6) is 0.981. The van der Waals surface area contributed by atoms with Crippen LogP contribution in [0.2, 0.25) is 0 Å². The monoisotopic (exact) mass is 342 g/mol. The standard InChI is InChI=1S/C19H22N2O2S/c1-13-8-16-9-14(2-5-18(16)23-13)10-20-19(22)21(17-3-4-17)11-15-6-7-24-12-15/h2,5-7,9,12-13,17H,3-4,8,10-11H2,1H3,(H,20,22)/t13-/m1/s1. The molecule has 1 aromatic heterocycles. The Balaban J connectivity index is 1.38. The fourth-order valence-electron chi connectivity index (χ4n) is 3.20. The van der Waals surface area contributed by atoms with Gasteiger partial charge in [0, 0.05) is 25.6 Å². The lowest BCUT2D eigenvalue weighted by molar-refractivity contribution is 0.191. The van der Waals surface area contributed by atoms with E-state index < -0.39 is 0 Å². The lowest BCUT2D eigenvalue weighted by Gasteiger charge is -2.22. The lowest BCUT2D eigenvalue weighted by Crippen LogP contribution is -2.40. The molecule has 4 nitrogen and oxygen atoms in total. The number of nitrogens with one attached hydrogen (secondary N) is 1. The van der Waals surface area contributed by atoms with E-state index in [-0.39, 0.29) is 12.1 Å². The van der Waals surface area contributed by atoms with E-state index >= 15 is 0 Å². The van der Waals surface area contributed by atoms with Crippen molar-refractivity contribution in [3.8, 4) is 5.75 Å². The van der Waals surface area contributed by atoms with Gasteiger partial charge in [-0.1, -0.05) is 12.1 Å². The van der Waals surface area contributed by atoms with Crippen molar-refractivity contribution in [2.45, 2.75) is 51.4 Å². The Morgan fingerprint density at radius 2 is 2.21 bits per heavy atom. The second-order valence-electron chi connectivity index (χ2n) is 6.72. The van der Waals surface area contributed by atoms with E-state index in [2.05, 4.69) is 35.1 Å². The summed E-state index contributed by atoms with van der Waals surface area (Å²) in [6.07, 6.45) is 3.43. The van der Waals surface area contributed by atoms with Crippen molar-refractivity contribution in [2.24, 2.45) is 0 Å². The Kier molecular flexibility index (Phi) is 4.19. The zero-order valence-corrected chi connectivity index (χ0v) is 14.6. The molecule has 1 aliphatic heterocycles. The normalized spacial score (nSPS) is 18.8. The van der Waals surface area contributed by atoms with E-state index in [1.54, 1.807) is 11.3 Å². The SMILES string of the molecule is C[C@@H]1Cc2cc(CNC(=O)N(Cc3ccsc3)C3CC3)ccc2O1. The number of urea groups is 1. The minimum Gasteiger partial charge on any atom is -0.490 e. The van der Waals surface area contributed by atoms with E-state index in [9.17, 15) is 4.79 Å². The second-order valence-corrected chi connectivity index (χ2v) is 7.50. The van der Waals surface area contributed by atoms with Crippen molar-refractivity contribution in [2.75, 3.05) is 0 Å². The number of nitrogens with zero attached hydrogens (tertiary/aromatic N) is 1. The zero-order valence-electron chi connectivity index (χ0n) is 13.8. The number of benzene rings is 1. The van der Waals surface area contributed by atoms with Crippen LogP contribution in [0.4, 0.5) is 4.79 Å². The van der Waals surface area contributed by atoms with Crippen LogP contribution in [0.25, 0.3) is 0 Å². The van der Waals surface area contributed by atoms with E-state index in [1.165, 1.54) is 11.1 Å². The quantitative estimate of drug-likeness (QED) is 0.894. The third-order valence-corrected chi connectivity index (χ3v) is 5.32. The molecule has 1 aromatic carbocycles. The van der Waals surface area contributed by atoms with Crippen molar-refractivity contribution in [3.05, 3.63) is 51.7 Å². The molecular formula is C19H22N2O2S. The van der Waals surface area contributed by atoms with E-state index in [4.69, 9.17) is 4.74 Å². The molecule has 2 aromatic rings. The molecule has 1 N–H and O–H groups in total. The Bertz CT molecular complexity index is 725. The molecule has 0 radical (unpaired) electrons. The summed E-state index contributed by atoms with van der Waals surface area (Å²) in [4.78, 5) is 14.6. The first kappa shape index (κ1) is 15.5. The van der Waals surface area contributed by atoms with Crippen molar-refractivity contribution in [3.63, 3.8) is 0 Å². The summed E-state index contributed by atoms with van der Waals surface area (Å²) in [6.45, 7) is 3.35. The molecule has 0 spiro atoms. The van der Waals surface area contributed by atoms with Gasteiger partial charge in [0.15, 0.2) is 0 Å². The zero-order chi connectivity index (χ0) is 16.5. The van der Waals surface area contributed by atoms with Crippen molar-refractivity contribution < 1.29 is 9.53 Å². The minimum absolute atomic E-state index is 0.0359. The van der Waals surface area contributed by atoms with Crippen LogP contribution in [0, 0.1) is 0 Å². The van der Waals surface area contributed by atoms with Gasteiger partial charge < -0.3 is 15.0 Å². The van der Waals surface area contributed by atoms with Crippen LogP contribution in [0.15, 0.2) is 35.0 Å². The van der Waals surface area contributed by atoms with Crippen LogP contribution < -0.4 is 10.1 Å². The van der Waals surface area contributed by atoms with E-state index in [1.807, 2.05) is 17.0 Å². The van der Waals surface area contributed by atoms with E-state index in [0.29, 0.717) is 19.1 Å². The van der Waals surface area contributed by atoms with Gasteiger partial charge in [0.05, 0.1) is 0 Å². The first-order valence-corrected chi connectivity index (χ1v) is 9.47. The topological polar surface area (TPSA) is 41.6 Å². The average Bonchev–Trinajstić information content (AvgIpc) is 3.14. The Morgan fingerprint density at radius 3 is 2.96 bits per heavy atom. The molecule has 126 valence electrons. The molecule has 0 bridgehead atoms. The first-order chi connectivity index (χ1) is 11.7. The molecule has 1 aliphatic carbocycles. The maximum Gasteiger partial charge on any atom is 0.318 e. The van der Waals surface area contributed by atoms with Gasteiger partial charge in [-0.15, -0.1) is 0 Å². The average molecular weight is 342 g/mol. The van der Waals surface area contributed by atoms with Gasteiger partial charge in [-0.25, -0.2) is 4.79 Å². The molecule has 5 heteroatoms. The number of amides is 2. The highest BCUT2D eigenvalue weighted by Gasteiger charge is 2.32. The Labute approximate surface area is 146 Å². The maximum atomic E-state index is 12.6. The summed E-state index contributed by atoms with van der Waals surface area (Å²) in [7, 11) is 0. The van der Waals surface area contributed by atoms with Gasteiger partial charge in [0.1, 0.15) is 11.9 Å². The molecule has 1 fully saturated rings. The van der Waals surface area contributed by atoms with Gasteiger partial charge in [-0.3, -0.25) is 0 Å². The summed E-state index contributed by atoms with van der Waals surface area (Å²) in [5, 5.41) is 7.26. The number of hydrogen-bond donors (Lipinski definition) is 1. The van der Waals surface area contributed by atoms with Gasteiger partial charge in [0.2, 0.25) is 0 Å². The van der Waals surface area contributed by atoms with Crippen molar-refractivity contribution >= 4 is 17.4 Å². The highest BCUT2D eigenvalue weighted by atomic mass is 32.1. The Morgan fingerprint density at radius 1 is 1.33 bits per heavy atom. The fourth-order valence-corrected chi connectivity index (χ4v) is 3.86. The highest BCUT2D eigenvalue weighted by Crippen LogP contribution is 2.30. The molecule has 2 amide bonds. The van der Waals surface area contributed by atoms with Gasteiger partial charge in [-0.05, 0) is 59.3 Å². The smallest absolute Gasteiger partial charge is 0.318 e. The van der Waals surface area contributed by atoms with Crippen LogP contribution in [-0.2, 0) is 19.5 Å². The van der Waals surface area contributed by atoms with Crippen molar-refractivity contribution in [1.29, 1.82) is 0 Å². The molecular weight excluding hydrogens is 320 g/mol. The second kappa shape index (κ2) is 6.48. The molecule has 1 saturated carbocycles. The molecule has 0 unspecified atom stereocenters. The van der Waals surface area contributed by atoms with Crippen LogP contribution >= 0.6 is 11.3 Å². The van der Waals surface area contributed by atoms with Crippen LogP contribution in [0.5, 0.6) is 5.75 Å². The largest absolute Gasteiger partial charge is 0.490 e. The minimum atomic E-state index is 0.0359. The first-order valence-electron chi connectivity index (χ1n) is 8.53.